The highest BCUT2D eigenvalue weighted by atomic mass is 16.5. The van der Waals surface area contributed by atoms with E-state index in [9.17, 15) is 9.90 Å². The summed E-state index contributed by atoms with van der Waals surface area (Å²) in [4.78, 5) is 15.9. The van der Waals surface area contributed by atoms with E-state index in [0.29, 0.717) is 11.4 Å². The number of carbonyl (C=O) groups is 1. The van der Waals surface area contributed by atoms with Crippen molar-refractivity contribution in [1.29, 1.82) is 0 Å². The predicted octanol–water partition coefficient (Wildman–Crippen LogP) is 2.72. The van der Waals surface area contributed by atoms with Crippen molar-refractivity contribution in [2.45, 2.75) is 32.7 Å². The molecule has 1 aliphatic heterocycles. The molecule has 1 aromatic carbocycles. The maximum absolute atomic E-state index is 11.3. The average Bonchev–Trinajstić information content (AvgIpc) is 2.86. The SMILES string of the molecule is CCc1nc2c(C(=O)O)cccc2n1CC1CCCOC1. The zero-order chi connectivity index (χ0) is 14.8. The number of para-hydroxylation sites is 1. The summed E-state index contributed by atoms with van der Waals surface area (Å²) in [7, 11) is 0. The molecular weight excluding hydrogens is 268 g/mol. The molecule has 1 N–H and O–H groups in total. The lowest BCUT2D eigenvalue weighted by molar-refractivity contribution is 0.0485. The van der Waals surface area contributed by atoms with Crippen molar-refractivity contribution in [3.63, 3.8) is 0 Å². The van der Waals surface area contributed by atoms with E-state index in [1.54, 1.807) is 12.1 Å². The molecule has 1 atom stereocenters. The lowest BCUT2D eigenvalue weighted by Crippen LogP contribution is -2.22. The van der Waals surface area contributed by atoms with E-state index >= 15 is 0 Å². The van der Waals surface area contributed by atoms with Crippen LogP contribution in [0.5, 0.6) is 0 Å². The molecule has 2 heterocycles. The third kappa shape index (κ3) is 2.65. The van der Waals surface area contributed by atoms with Gasteiger partial charge in [0.2, 0.25) is 0 Å². The van der Waals surface area contributed by atoms with Crippen molar-refractivity contribution in [3.8, 4) is 0 Å². The number of carboxylic acids is 1. The number of fused-ring (bicyclic) bond motifs is 1. The normalized spacial score (nSPS) is 19.0. The first kappa shape index (κ1) is 14.1. The average molecular weight is 288 g/mol. The molecule has 1 unspecified atom stereocenters. The fourth-order valence-electron chi connectivity index (χ4n) is 3.05. The van der Waals surface area contributed by atoms with Crippen LogP contribution in [0.4, 0.5) is 0 Å². The molecule has 5 heteroatoms. The first-order chi connectivity index (χ1) is 10.2. The third-order valence-electron chi connectivity index (χ3n) is 4.10. The molecule has 21 heavy (non-hydrogen) atoms. The molecule has 2 aromatic rings. The predicted molar refractivity (Wildman–Crippen MR) is 79.6 cm³/mol. The highest BCUT2D eigenvalue weighted by Gasteiger charge is 2.20. The number of aromatic carboxylic acids is 1. The first-order valence-electron chi connectivity index (χ1n) is 7.50. The Kier molecular flexibility index (Phi) is 3.92. The summed E-state index contributed by atoms with van der Waals surface area (Å²) in [5.41, 5.74) is 1.79. The van der Waals surface area contributed by atoms with Gasteiger partial charge in [-0.15, -0.1) is 0 Å². The molecule has 3 rings (SSSR count). The van der Waals surface area contributed by atoms with Crippen molar-refractivity contribution in [1.82, 2.24) is 9.55 Å². The number of nitrogens with zero attached hydrogens (tertiary/aromatic N) is 2. The summed E-state index contributed by atoms with van der Waals surface area (Å²) in [6, 6.07) is 5.36. The molecule has 112 valence electrons. The number of carboxylic acid groups (broad SMARTS) is 1. The Morgan fingerprint density at radius 1 is 1.52 bits per heavy atom. The first-order valence-corrected chi connectivity index (χ1v) is 7.50. The van der Waals surface area contributed by atoms with Crippen LogP contribution >= 0.6 is 0 Å². The number of hydrogen-bond acceptors (Lipinski definition) is 3. The fraction of sp³-hybridized carbons (Fsp3) is 0.500. The van der Waals surface area contributed by atoms with Gasteiger partial charge >= 0.3 is 5.97 Å². The summed E-state index contributed by atoms with van der Waals surface area (Å²) in [5.74, 6) is 0.508. The van der Waals surface area contributed by atoms with Gasteiger partial charge in [0.25, 0.3) is 0 Å². The third-order valence-corrected chi connectivity index (χ3v) is 4.10. The van der Waals surface area contributed by atoms with Crippen molar-refractivity contribution < 1.29 is 14.6 Å². The van der Waals surface area contributed by atoms with Crippen LogP contribution in [0.2, 0.25) is 0 Å². The number of ether oxygens (including phenoxy) is 1. The van der Waals surface area contributed by atoms with E-state index in [2.05, 4.69) is 16.5 Å². The molecule has 0 amide bonds. The molecule has 0 radical (unpaired) electrons. The number of aromatic nitrogens is 2. The number of imidazole rings is 1. The maximum Gasteiger partial charge on any atom is 0.337 e. The van der Waals surface area contributed by atoms with Crippen LogP contribution in [0.1, 0.15) is 35.9 Å². The van der Waals surface area contributed by atoms with Crippen LogP contribution in [0, 0.1) is 5.92 Å². The van der Waals surface area contributed by atoms with Gasteiger partial charge in [0.1, 0.15) is 11.3 Å². The molecule has 1 saturated heterocycles. The van der Waals surface area contributed by atoms with Gasteiger partial charge in [0.05, 0.1) is 17.7 Å². The quantitative estimate of drug-likeness (QED) is 0.939. The van der Waals surface area contributed by atoms with Gasteiger partial charge in [-0.2, -0.15) is 0 Å². The number of rotatable bonds is 4. The summed E-state index contributed by atoms with van der Waals surface area (Å²) in [5, 5.41) is 9.31. The zero-order valence-corrected chi connectivity index (χ0v) is 12.2. The van der Waals surface area contributed by atoms with Gasteiger partial charge in [-0.25, -0.2) is 9.78 Å². The van der Waals surface area contributed by atoms with Gasteiger partial charge in [-0.1, -0.05) is 13.0 Å². The Balaban J connectivity index is 2.03. The van der Waals surface area contributed by atoms with Gasteiger partial charge in [0, 0.05) is 25.5 Å². The monoisotopic (exact) mass is 288 g/mol. The second-order valence-corrected chi connectivity index (χ2v) is 5.55. The standard InChI is InChI=1S/C16H20N2O3/c1-2-14-17-15-12(16(19)20)6-3-7-13(15)18(14)9-11-5-4-8-21-10-11/h3,6-7,11H,2,4-5,8-10H2,1H3,(H,19,20). The Morgan fingerprint density at radius 3 is 3.05 bits per heavy atom. The topological polar surface area (TPSA) is 64.3 Å². The molecular formula is C16H20N2O3. The van der Waals surface area contributed by atoms with Crippen molar-refractivity contribution in [2.24, 2.45) is 5.92 Å². The lowest BCUT2D eigenvalue weighted by atomic mass is 10.0. The molecule has 0 bridgehead atoms. The van der Waals surface area contributed by atoms with E-state index in [0.717, 1.165) is 50.4 Å². The minimum atomic E-state index is -0.922. The Hall–Kier alpha value is -1.88. The van der Waals surface area contributed by atoms with Crippen LogP contribution in [-0.2, 0) is 17.7 Å². The van der Waals surface area contributed by atoms with Gasteiger partial charge in [-0.3, -0.25) is 0 Å². The molecule has 1 fully saturated rings. The summed E-state index contributed by atoms with van der Waals surface area (Å²) < 4.78 is 7.72. The molecule has 0 aliphatic carbocycles. The smallest absolute Gasteiger partial charge is 0.337 e. The summed E-state index contributed by atoms with van der Waals surface area (Å²) in [6.07, 6.45) is 3.04. The zero-order valence-electron chi connectivity index (χ0n) is 12.2. The maximum atomic E-state index is 11.3. The number of aryl methyl sites for hydroxylation is 1. The highest BCUT2D eigenvalue weighted by Crippen LogP contribution is 2.24. The van der Waals surface area contributed by atoms with E-state index in [1.807, 2.05) is 6.07 Å². The van der Waals surface area contributed by atoms with Crippen molar-refractivity contribution >= 4 is 17.0 Å². The summed E-state index contributed by atoms with van der Waals surface area (Å²) in [6.45, 7) is 4.53. The molecule has 5 nitrogen and oxygen atoms in total. The fourth-order valence-corrected chi connectivity index (χ4v) is 3.05. The van der Waals surface area contributed by atoms with Crippen LogP contribution in [0.25, 0.3) is 11.0 Å². The van der Waals surface area contributed by atoms with E-state index in [4.69, 9.17) is 4.74 Å². The van der Waals surface area contributed by atoms with E-state index in [1.165, 1.54) is 0 Å². The minimum Gasteiger partial charge on any atom is -0.478 e. The van der Waals surface area contributed by atoms with E-state index < -0.39 is 5.97 Å². The molecule has 1 aliphatic rings. The molecule has 0 saturated carbocycles. The van der Waals surface area contributed by atoms with Gasteiger partial charge < -0.3 is 14.4 Å². The van der Waals surface area contributed by atoms with Crippen molar-refractivity contribution in [2.75, 3.05) is 13.2 Å². The van der Waals surface area contributed by atoms with Crippen LogP contribution < -0.4 is 0 Å². The van der Waals surface area contributed by atoms with E-state index in [-0.39, 0.29) is 5.56 Å². The largest absolute Gasteiger partial charge is 0.478 e. The lowest BCUT2D eigenvalue weighted by Gasteiger charge is -2.23. The van der Waals surface area contributed by atoms with Crippen molar-refractivity contribution in [3.05, 3.63) is 29.6 Å². The summed E-state index contributed by atoms with van der Waals surface area (Å²) >= 11 is 0. The second kappa shape index (κ2) is 5.85. The van der Waals surface area contributed by atoms with Crippen LogP contribution in [0.15, 0.2) is 18.2 Å². The number of benzene rings is 1. The van der Waals surface area contributed by atoms with Crippen LogP contribution in [0.3, 0.4) is 0 Å². The Bertz CT molecular complexity index is 657. The highest BCUT2D eigenvalue weighted by molar-refractivity contribution is 6.01. The Morgan fingerprint density at radius 2 is 2.38 bits per heavy atom. The van der Waals surface area contributed by atoms with Gasteiger partial charge in [0.15, 0.2) is 0 Å². The molecule has 1 aromatic heterocycles. The number of hydrogen-bond donors (Lipinski definition) is 1. The second-order valence-electron chi connectivity index (χ2n) is 5.55. The minimum absolute atomic E-state index is 0.279. The molecule has 0 spiro atoms. The Labute approximate surface area is 123 Å². The van der Waals surface area contributed by atoms with Crippen LogP contribution in [-0.4, -0.2) is 33.8 Å². The van der Waals surface area contributed by atoms with Gasteiger partial charge in [-0.05, 0) is 25.0 Å².